The first-order chi connectivity index (χ1) is 15.0. The molecule has 0 unspecified atom stereocenters. The van der Waals surface area contributed by atoms with Gasteiger partial charge in [0.05, 0.1) is 5.69 Å². The summed E-state index contributed by atoms with van der Waals surface area (Å²) in [7, 11) is 0. The second-order valence-corrected chi connectivity index (χ2v) is 9.16. The minimum Gasteiger partial charge on any atom is -0.489 e. The Morgan fingerprint density at radius 2 is 1.87 bits per heavy atom. The molecule has 2 aromatic carbocycles. The molecule has 1 heterocycles. The van der Waals surface area contributed by atoms with Crippen molar-refractivity contribution in [3.8, 4) is 17.0 Å². The Morgan fingerprint density at radius 1 is 1.13 bits per heavy atom. The fourth-order valence-corrected chi connectivity index (χ4v) is 4.98. The lowest BCUT2D eigenvalue weighted by molar-refractivity contribution is -0.136. The molecule has 0 spiro atoms. The topological polar surface area (TPSA) is 59.4 Å². The highest BCUT2D eigenvalue weighted by Crippen LogP contribution is 2.46. The fraction of sp³-hybridized carbons (Fsp3) is 0.385. The second-order valence-electron chi connectivity index (χ2n) is 8.35. The number of nitrogens with zero attached hydrogens (tertiary/aromatic N) is 1. The number of rotatable bonds is 9. The van der Waals surface area contributed by atoms with Gasteiger partial charge in [-0.2, -0.15) is 4.37 Å². The number of ether oxygens (including phenoxy) is 1. The molecule has 0 saturated heterocycles. The van der Waals surface area contributed by atoms with Gasteiger partial charge in [0.1, 0.15) is 12.4 Å². The maximum Gasteiger partial charge on any atom is 0.303 e. The highest BCUT2D eigenvalue weighted by Gasteiger charge is 2.30. The lowest BCUT2D eigenvalue weighted by Gasteiger charge is -2.15. The van der Waals surface area contributed by atoms with E-state index in [9.17, 15) is 4.79 Å². The minimum absolute atomic E-state index is 0.145. The number of hydrogen-bond acceptors (Lipinski definition) is 4. The zero-order valence-corrected chi connectivity index (χ0v) is 19.2. The summed E-state index contributed by atoms with van der Waals surface area (Å²) in [6.07, 6.45) is 4.19. The van der Waals surface area contributed by atoms with E-state index in [1.54, 1.807) is 11.5 Å². The number of aryl methyl sites for hydroxylation is 2. The monoisotopic (exact) mass is 435 g/mol. The van der Waals surface area contributed by atoms with Crippen molar-refractivity contribution in [3.05, 3.63) is 69.1 Å². The van der Waals surface area contributed by atoms with Gasteiger partial charge in [-0.05, 0) is 85.3 Å². The molecule has 1 aromatic heterocycles. The zero-order chi connectivity index (χ0) is 22.0. The number of benzene rings is 2. The molecule has 162 valence electrons. The third-order valence-corrected chi connectivity index (χ3v) is 7.28. The standard InChI is InChI=1S/C26H29NO3S/c1-4-18-5-7-20(8-6-18)25-22(26(31-27-25)21-9-10-21)15-30-23-13-11-19(12-14-24(28)29)16(2)17(23)3/h5-8,11,13,21H,4,9-10,12,14-15H2,1-3H3,(H,28,29). The highest BCUT2D eigenvalue weighted by atomic mass is 32.1. The van der Waals surface area contributed by atoms with Crippen molar-refractivity contribution >= 4 is 17.5 Å². The minimum atomic E-state index is -0.769. The molecule has 5 heteroatoms. The van der Waals surface area contributed by atoms with E-state index in [4.69, 9.17) is 14.2 Å². The summed E-state index contributed by atoms with van der Waals surface area (Å²) in [6, 6.07) is 12.7. The third-order valence-electron chi connectivity index (χ3n) is 6.23. The van der Waals surface area contributed by atoms with Gasteiger partial charge < -0.3 is 9.84 Å². The zero-order valence-electron chi connectivity index (χ0n) is 18.4. The van der Waals surface area contributed by atoms with Gasteiger partial charge in [-0.1, -0.05) is 37.3 Å². The maximum atomic E-state index is 10.9. The van der Waals surface area contributed by atoms with Crippen molar-refractivity contribution in [3.63, 3.8) is 0 Å². The van der Waals surface area contributed by atoms with Crippen molar-refractivity contribution in [2.75, 3.05) is 0 Å². The molecule has 4 nitrogen and oxygen atoms in total. The number of aromatic nitrogens is 1. The van der Waals surface area contributed by atoms with Gasteiger partial charge in [-0.15, -0.1) is 0 Å². The molecule has 1 aliphatic rings. The van der Waals surface area contributed by atoms with Crippen LogP contribution in [0.15, 0.2) is 36.4 Å². The quantitative estimate of drug-likeness (QED) is 0.419. The van der Waals surface area contributed by atoms with Crippen LogP contribution in [0.5, 0.6) is 5.75 Å². The Morgan fingerprint density at radius 3 is 2.52 bits per heavy atom. The molecule has 1 fully saturated rings. The molecule has 4 rings (SSSR count). The van der Waals surface area contributed by atoms with Crippen LogP contribution in [0, 0.1) is 13.8 Å². The van der Waals surface area contributed by atoms with Gasteiger partial charge in [0.2, 0.25) is 0 Å². The van der Waals surface area contributed by atoms with Crippen LogP contribution in [0.2, 0.25) is 0 Å². The Kier molecular flexibility index (Phi) is 6.42. The van der Waals surface area contributed by atoms with Crippen molar-refractivity contribution in [2.45, 2.75) is 65.4 Å². The van der Waals surface area contributed by atoms with E-state index in [1.807, 2.05) is 26.0 Å². The average Bonchev–Trinajstić information content (AvgIpc) is 3.53. The molecule has 0 radical (unpaired) electrons. The number of carboxylic acids is 1. The van der Waals surface area contributed by atoms with Gasteiger partial charge in [0.25, 0.3) is 0 Å². The van der Waals surface area contributed by atoms with Crippen molar-refractivity contribution in [1.29, 1.82) is 0 Å². The van der Waals surface area contributed by atoms with E-state index in [-0.39, 0.29) is 6.42 Å². The van der Waals surface area contributed by atoms with E-state index in [0.717, 1.165) is 40.1 Å². The summed E-state index contributed by atoms with van der Waals surface area (Å²) in [5.41, 5.74) is 7.99. The highest BCUT2D eigenvalue weighted by molar-refractivity contribution is 7.06. The maximum absolute atomic E-state index is 10.9. The molecule has 3 aromatic rings. The van der Waals surface area contributed by atoms with Crippen LogP contribution >= 0.6 is 11.5 Å². The van der Waals surface area contributed by atoms with E-state index in [0.29, 0.717) is 18.9 Å². The summed E-state index contributed by atoms with van der Waals surface area (Å²) >= 11 is 1.62. The van der Waals surface area contributed by atoms with Gasteiger partial charge >= 0.3 is 5.97 Å². The Hall–Kier alpha value is -2.66. The Balaban J connectivity index is 1.57. The molecule has 1 N–H and O–H groups in total. The molecule has 0 bridgehead atoms. The predicted molar refractivity (Wildman–Crippen MR) is 125 cm³/mol. The van der Waals surface area contributed by atoms with Crippen LogP contribution in [0.3, 0.4) is 0 Å². The molecule has 1 aliphatic carbocycles. The molecule has 0 aliphatic heterocycles. The second kappa shape index (κ2) is 9.23. The lowest BCUT2D eigenvalue weighted by Crippen LogP contribution is -2.04. The molecular formula is C26H29NO3S. The first-order valence-corrected chi connectivity index (χ1v) is 11.8. The van der Waals surface area contributed by atoms with E-state index < -0.39 is 5.97 Å². The molecule has 0 atom stereocenters. The van der Waals surface area contributed by atoms with Gasteiger partial charge in [-0.25, -0.2) is 0 Å². The van der Waals surface area contributed by atoms with E-state index >= 15 is 0 Å². The van der Waals surface area contributed by atoms with Crippen molar-refractivity contribution in [2.24, 2.45) is 0 Å². The molecule has 0 amide bonds. The lowest BCUT2D eigenvalue weighted by atomic mass is 9.99. The molecule has 31 heavy (non-hydrogen) atoms. The summed E-state index contributed by atoms with van der Waals surface area (Å²) < 4.78 is 11.1. The number of carbonyl (C=O) groups is 1. The van der Waals surface area contributed by atoms with Crippen LogP contribution < -0.4 is 4.74 Å². The smallest absolute Gasteiger partial charge is 0.303 e. The first kappa shape index (κ1) is 21.6. The molecule has 1 saturated carbocycles. The van der Waals surface area contributed by atoms with Crippen LogP contribution in [0.4, 0.5) is 0 Å². The third kappa shape index (κ3) is 4.82. The largest absolute Gasteiger partial charge is 0.489 e. The summed E-state index contributed by atoms with van der Waals surface area (Å²) in [5, 5.41) is 8.97. The van der Waals surface area contributed by atoms with Crippen LogP contribution in [-0.2, 0) is 24.2 Å². The summed E-state index contributed by atoms with van der Waals surface area (Å²) in [6.45, 7) is 6.76. The van der Waals surface area contributed by atoms with Crippen molar-refractivity contribution in [1.82, 2.24) is 4.37 Å². The molecular weight excluding hydrogens is 406 g/mol. The summed E-state index contributed by atoms with van der Waals surface area (Å²) in [5.74, 6) is 0.715. The van der Waals surface area contributed by atoms with E-state index in [2.05, 4.69) is 31.2 Å². The van der Waals surface area contributed by atoms with Crippen LogP contribution in [-0.4, -0.2) is 15.4 Å². The first-order valence-electron chi connectivity index (χ1n) is 11.0. The van der Waals surface area contributed by atoms with E-state index in [1.165, 1.54) is 28.8 Å². The Labute approximate surface area is 188 Å². The van der Waals surface area contributed by atoms with Crippen LogP contribution in [0.1, 0.15) is 64.8 Å². The number of carboxylic acid groups (broad SMARTS) is 1. The Bertz CT molecular complexity index is 1080. The SMILES string of the molecule is CCc1ccc(-c2nsc(C3CC3)c2COc2ccc(CCC(=O)O)c(C)c2C)cc1. The summed E-state index contributed by atoms with van der Waals surface area (Å²) in [4.78, 5) is 12.3. The fourth-order valence-electron chi connectivity index (χ4n) is 3.92. The number of hydrogen-bond donors (Lipinski definition) is 1. The van der Waals surface area contributed by atoms with Gasteiger partial charge in [0, 0.05) is 22.4 Å². The normalized spacial score (nSPS) is 13.4. The van der Waals surface area contributed by atoms with Gasteiger partial charge in [0.15, 0.2) is 0 Å². The van der Waals surface area contributed by atoms with Crippen LogP contribution in [0.25, 0.3) is 11.3 Å². The number of aliphatic carboxylic acids is 1. The van der Waals surface area contributed by atoms with Crippen molar-refractivity contribution < 1.29 is 14.6 Å². The average molecular weight is 436 g/mol. The van der Waals surface area contributed by atoms with Gasteiger partial charge in [-0.3, -0.25) is 4.79 Å². The predicted octanol–water partition coefficient (Wildman–Crippen LogP) is 6.46.